The van der Waals surface area contributed by atoms with Crippen LogP contribution in [0.2, 0.25) is 0 Å². The summed E-state index contributed by atoms with van der Waals surface area (Å²) in [5.41, 5.74) is 7.88. The molecule has 1 heterocycles. The first kappa shape index (κ1) is 14.1. The second-order valence-electron chi connectivity index (χ2n) is 5.80. The van der Waals surface area contributed by atoms with E-state index in [9.17, 15) is 0 Å². The number of hydrazine groups is 1. The standard InChI is InChI=1S/C17H22N2Se/c1-12-4-8-14(9-5-12)16-18-19(3)17(20-16)15-10-6-13(2)7-11-15/h4,6-12,16-18H,5H2,1-3H3. The summed E-state index contributed by atoms with van der Waals surface area (Å²) in [7, 11) is 2.17. The summed E-state index contributed by atoms with van der Waals surface area (Å²) < 4.78 is 0. The average molecular weight is 333 g/mol. The fourth-order valence-corrected chi connectivity index (χ4v) is 5.51. The number of aryl methyl sites for hydroxylation is 1. The van der Waals surface area contributed by atoms with Gasteiger partial charge in [0, 0.05) is 0 Å². The molecule has 0 spiro atoms. The first-order chi connectivity index (χ1) is 9.63. The van der Waals surface area contributed by atoms with Crippen molar-refractivity contribution in [1.82, 2.24) is 10.4 Å². The number of rotatable bonds is 2. The summed E-state index contributed by atoms with van der Waals surface area (Å²) in [5, 5.41) is 2.29. The maximum atomic E-state index is 3.64. The molecule has 1 aliphatic heterocycles. The van der Waals surface area contributed by atoms with Gasteiger partial charge in [-0.2, -0.15) is 0 Å². The second-order valence-corrected chi connectivity index (χ2v) is 8.29. The van der Waals surface area contributed by atoms with E-state index in [0.29, 0.717) is 30.8 Å². The molecule has 0 radical (unpaired) electrons. The molecule has 1 saturated heterocycles. The Bertz CT molecular complexity index is 532. The van der Waals surface area contributed by atoms with Gasteiger partial charge in [0.25, 0.3) is 0 Å². The van der Waals surface area contributed by atoms with Gasteiger partial charge in [0.2, 0.25) is 0 Å². The summed E-state index contributed by atoms with van der Waals surface area (Å²) in [5.74, 6) is 0.693. The molecule has 3 rings (SSSR count). The van der Waals surface area contributed by atoms with E-state index in [1.54, 1.807) is 0 Å². The van der Waals surface area contributed by atoms with Gasteiger partial charge in [0.1, 0.15) is 0 Å². The van der Waals surface area contributed by atoms with E-state index in [4.69, 9.17) is 0 Å². The van der Waals surface area contributed by atoms with Crippen LogP contribution in [0.1, 0.15) is 29.4 Å². The van der Waals surface area contributed by atoms with Crippen molar-refractivity contribution in [2.75, 3.05) is 7.05 Å². The molecule has 1 N–H and O–H groups in total. The van der Waals surface area contributed by atoms with Gasteiger partial charge in [-0.1, -0.05) is 0 Å². The van der Waals surface area contributed by atoms with E-state index >= 15 is 0 Å². The zero-order valence-electron chi connectivity index (χ0n) is 12.3. The van der Waals surface area contributed by atoms with Crippen molar-refractivity contribution in [2.45, 2.75) is 30.1 Å². The van der Waals surface area contributed by atoms with Crippen LogP contribution in [0.5, 0.6) is 0 Å². The summed E-state index contributed by atoms with van der Waals surface area (Å²) in [6.45, 7) is 4.42. The number of allylic oxidation sites excluding steroid dienone is 2. The molecule has 2 nitrogen and oxygen atoms in total. The van der Waals surface area contributed by atoms with Gasteiger partial charge >= 0.3 is 128 Å². The molecule has 1 aliphatic carbocycles. The summed E-state index contributed by atoms with van der Waals surface area (Å²) >= 11 is 0.515. The van der Waals surface area contributed by atoms with Crippen LogP contribution in [-0.2, 0) is 0 Å². The third-order valence-electron chi connectivity index (χ3n) is 3.95. The molecule has 1 fully saturated rings. The molecule has 0 saturated carbocycles. The SMILES string of the molecule is Cc1ccc(C2[Se]C(C3=CCC(C)C=C3)NN2C)cc1. The Morgan fingerprint density at radius 2 is 2.00 bits per heavy atom. The van der Waals surface area contributed by atoms with Gasteiger partial charge in [-0.05, 0) is 0 Å². The minimum atomic E-state index is 0.515. The van der Waals surface area contributed by atoms with Gasteiger partial charge in [-0.25, -0.2) is 0 Å². The van der Waals surface area contributed by atoms with Crippen molar-refractivity contribution in [2.24, 2.45) is 5.92 Å². The normalized spacial score (nSPS) is 30.6. The molecular weight excluding hydrogens is 311 g/mol. The fourth-order valence-electron chi connectivity index (χ4n) is 2.63. The summed E-state index contributed by atoms with van der Waals surface area (Å²) in [6, 6.07) is 8.98. The Hall–Kier alpha value is -0.861. The van der Waals surface area contributed by atoms with Crippen LogP contribution in [0, 0.1) is 12.8 Å². The molecule has 3 atom stereocenters. The molecule has 0 bridgehead atoms. The van der Waals surface area contributed by atoms with E-state index in [1.807, 2.05) is 0 Å². The van der Waals surface area contributed by atoms with Crippen LogP contribution in [-0.4, -0.2) is 32.0 Å². The van der Waals surface area contributed by atoms with Crippen molar-refractivity contribution in [1.29, 1.82) is 0 Å². The molecule has 0 amide bonds. The molecule has 2 aliphatic rings. The monoisotopic (exact) mass is 334 g/mol. The van der Waals surface area contributed by atoms with E-state index in [-0.39, 0.29) is 0 Å². The molecule has 1 aromatic carbocycles. The van der Waals surface area contributed by atoms with Crippen LogP contribution in [0.15, 0.2) is 48.1 Å². The van der Waals surface area contributed by atoms with Crippen molar-refractivity contribution in [3.05, 3.63) is 59.2 Å². The van der Waals surface area contributed by atoms with Gasteiger partial charge < -0.3 is 0 Å². The zero-order chi connectivity index (χ0) is 14.1. The Labute approximate surface area is 128 Å². The van der Waals surface area contributed by atoms with E-state index in [1.165, 1.54) is 23.1 Å². The molecular formula is C17H22N2Se. The van der Waals surface area contributed by atoms with Crippen molar-refractivity contribution < 1.29 is 0 Å². The molecule has 20 heavy (non-hydrogen) atoms. The Morgan fingerprint density at radius 3 is 2.65 bits per heavy atom. The van der Waals surface area contributed by atoms with E-state index in [2.05, 4.69) is 73.8 Å². The predicted octanol–water partition coefficient (Wildman–Crippen LogP) is 3.00. The molecule has 0 aromatic heterocycles. The Morgan fingerprint density at radius 1 is 1.25 bits per heavy atom. The van der Waals surface area contributed by atoms with Gasteiger partial charge in [-0.3, -0.25) is 0 Å². The van der Waals surface area contributed by atoms with E-state index < -0.39 is 0 Å². The maximum absolute atomic E-state index is 3.64. The first-order valence-corrected chi connectivity index (χ1v) is 9.20. The van der Waals surface area contributed by atoms with Crippen LogP contribution in [0.25, 0.3) is 0 Å². The average Bonchev–Trinajstić information content (AvgIpc) is 2.82. The van der Waals surface area contributed by atoms with Crippen LogP contribution < -0.4 is 5.43 Å². The first-order valence-electron chi connectivity index (χ1n) is 7.23. The second kappa shape index (κ2) is 5.87. The molecule has 1 aromatic rings. The van der Waals surface area contributed by atoms with Gasteiger partial charge in [0.05, 0.1) is 0 Å². The van der Waals surface area contributed by atoms with Crippen molar-refractivity contribution in [3.63, 3.8) is 0 Å². The summed E-state index contributed by atoms with van der Waals surface area (Å²) in [4.78, 5) is 1.05. The predicted molar refractivity (Wildman–Crippen MR) is 85.4 cm³/mol. The Kier molecular flexibility index (Phi) is 4.13. The number of nitrogens with one attached hydrogen (secondary N) is 1. The topological polar surface area (TPSA) is 15.3 Å². The van der Waals surface area contributed by atoms with Crippen LogP contribution in [0.3, 0.4) is 0 Å². The zero-order valence-corrected chi connectivity index (χ0v) is 14.0. The Balaban J connectivity index is 1.74. The number of nitrogens with zero attached hydrogens (tertiary/aromatic N) is 1. The molecule has 3 unspecified atom stereocenters. The summed E-state index contributed by atoms with van der Waals surface area (Å²) in [6.07, 6.45) is 8.25. The molecule has 106 valence electrons. The van der Waals surface area contributed by atoms with Crippen LogP contribution >= 0.6 is 0 Å². The van der Waals surface area contributed by atoms with E-state index in [0.717, 1.165) is 0 Å². The number of hydrogen-bond acceptors (Lipinski definition) is 2. The van der Waals surface area contributed by atoms with Gasteiger partial charge in [0.15, 0.2) is 0 Å². The van der Waals surface area contributed by atoms with Crippen molar-refractivity contribution in [3.8, 4) is 0 Å². The third kappa shape index (κ3) is 2.91. The fraction of sp³-hybridized carbons (Fsp3) is 0.412. The van der Waals surface area contributed by atoms with Crippen molar-refractivity contribution >= 4 is 15.0 Å². The number of hydrogen-bond donors (Lipinski definition) is 1. The van der Waals surface area contributed by atoms with Crippen LogP contribution in [0.4, 0.5) is 0 Å². The van der Waals surface area contributed by atoms with Gasteiger partial charge in [-0.15, -0.1) is 0 Å². The quantitative estimate of drug-likeness (QED) is 0.837. The third-order valence-corrected chi connectivity index (χ3v) is 7.08. The minimum absolute atomic E-state index is 0.515. The molecule has 3 heteroatoms. The number of benzene rings is 1.